The van der Waals surface area contributed by atoms with Crippen LogP contribution in [0.4, 0.5) is 0 Å². The molecule has 0 unspecified atom stereocenters. The molecule has 1 N–H and O–H groups in total. The zero-order chi connectivity index (χ0) is 21.9. The minimum absolute atomic E-state index is 0.111. The van der Waals surface area contributed by atoms with Gasteiger partial charge in [0, 0.05) is 19.2 Å². The van der Waals surface area contributed by atoms with Gasteiger partial charge in [0.05, 0.1) is 35.7 Å². The zero-order valence-electron chi connectivity index (χ0n) is 17.3. The van der Waals surface area contributed by atoms with E-state index in [0.717, 1.165) is 34.4 Å². The smallest absolute Gasteiger partial charge is 0.224 e. The number of para-hydroxylation sites is 2. The summed E-state index contributed by atoms with van der Waals surface area (Å²) in [4.78, 5) is 21.4. The summed E-state index contributed by atoms with van der Waals surface area (Å²) in [7, 11) is 0. The summed E-state index contributed by atoms with van der Waals surface area (Å²) in [5.41, 5.74) is 3.59. The molecule has 2 aromatic carbocycles. The Morgan fingerprint density at radius 1 is 1.06 bits per heavy atom. The van der Waals surface area contributed by atoms with Gasteiger partial charge < -0.3 is 14.8 Å². The Kier molecular flexibility index (Phi) is 5.64. The van der Waals surface area contributed by atoms with E-state index in [1.54, 1.807) is 18.6 Å². The molecule has 0 atom stereocenters. The van der Waals surface area contributed by atoms with Crippen LogP contribution in [0, 0.1) is 0 Å². The number of amides is 1. The summed E-state index contributed by atoms with van der Waals surface area (Å²) in [5.74, 6) is 1.80. The largest absolute Gasteiger partial charge is 0.489 e. The van der Waals surface area contributed by atoms with Gasteiger partial charge in [0.1, 0.15) is 12.1 Å². The predicted octanol–water partition coefficient (Wildman–Crippen LogP) is 4.09. The van der Waals surface area contributed by atoms with Crippen molar-refractivity contribution in [2.45, 2.75) is 19.4 Å². The third-order valence-corrected chi connectivity index (χ3v) is 5.51. The Balaban J connectivity index is 1.22. The van der Waals surface area contributed by atoms with E-state index in [1.807, 2.05) is 47.0 Å². The second kappa shape index (κ2) is 8.88. The number of carbonyl (C=O) groups is 1. The molecule has 32 heavy (non-hydrogen) atoms. The van der Waals surface area contributed by atoms with E-state index in [0.29, 0.717) is 36.3 Å². The molecule has 1 aliphatic rings. The average Bonchev–Trinajstić information content (AvgIpc) is 3.08. The van der Waals surface area contributed by atoms with Crippen LogP contribution in [0.1, 0.15) is 17.5 Å². The first-order valence-corrected chi connectivity index (χ1v) is 10.8. The number of benzene rings is 2. The molecular weight excluding hydrogens is 428 g/mol. The molecule has 0 aliphatic carbocycles. The van der Waals surface area contributed by atoms with Crippen LogP contribution in [0.15, 0.2) is 61.1 Å². The second-order valence-corrected chi connectivity index (χ2v) is 7.94. The van der Waals surface area contributed by atoms with Crippen LogP contribution in [-0.4, -0.2) is 33.7 Å². The lowest BCUT2D eigenvalue weighted by Gasteiger charge is -2.12. The summed E-state index contributed by atoms with van der Waals surface area (Å²) >= 11 is 6.32. The number of aromatic nitrogens is 3. The fourth-order valence-corrected chi connectivity index (χ4v) is 3.93. The number of carbonyl (C=O) groups excluding carboxylic acids is 1. The van der Waals surface area contributed by atoms with Gasteiger partial charge >= 0.3 is 0 Å². The van der Waals surface area contributed by atoms with Crippen LogP contribution >= 0.6 is 11.6 Å². The summed E-state index contributed by atoms with van der Waals surface area (Å²) in [5, 5.41) is 3.39. The van der Waals surface area contributed by atoms with Crippen LogP contribution < -0.4 is 14.8 Å². The van der Waals surface area contributed by atoms with Crippen molar-refractivity contribution >= 4 is 28.5 Å². The lowest BCUT2D eigenvalue weighted by atomic mass is 10.1. The summed E-state index contributed by atoms with van der Waals surface area (Å²) in [6.07, 6.45) is 4.51. The predicted molar refractivity (Wildman–Crippen MR) is 121 cm³/mol. The second-order valence-electron chi connectivity index (χ2n) is 7.54. The molecule has 0 saturated carbocycles. The Labute approximate surface area is 190 Å². The molecule has 7 nitrogen and oxygen atoms in total. The highest BCUT2D eigenvalue weighted by molar-refractivity contribution is 6.32. The van der Waals surface area contributed by atoms with Crippen LogP contribution in [0.5, 0.6) is 11.5 Å². The molecule has 8 heteroatoms. The number of hydrogen-bond acceptors (Lipinski definition) is 5. The fourth-order valence-electron chi connectivity index (χ4n) is 3.64. The van der Waals surface area contributed by atoms with Crippen molar-refractivity contribution in [2.75, 3.05) is 13.2 Å². The molecule has 2 aromatic heterocycles. The highest BCUT2D eigenvalue weighted by Crippen LogP contribution is 2.38. The van der Waals surface area contributed by atoms with Crippen molar-refractivity contribution in [3.63, 3.8) is 0 Å². The number of nitrogens with zero attached hydrogens (tertiary/aromatic N) is 3. The SMILES string of the molecule is O=C(Cc1cc(Cl)c2c(c1)OCCCO2)NCc1ccc(-n2cnc3ccccc32)nc1. The van der Waals surface area contributed by atoms with Gasteiger partial charge in [-0.25, -0.2) is 9.97 Å². The average molecular weight is 449 g/mol. The van der Waals surface area contributed by atoms with Crippen molar-refractivity contribution in [3.05, 3.63) is 77.2 Å². The van der Waals surface area contributed by atoms with E-state index in [1.165, 1.54) is 0 Å². The molecule has 162 valence electrons. The lowest BCUT2D eigenvalue weighted by Crippen LogP contribution is -2.24. The molecule has 5 rings (SSSR count). The first-order valence-electron chi connectivity index (χ1n) is 10.4. The highest BCUT2D eigenvalue weighted by atomic mass is 35.5. The zero-order valence-corrected chi connectivity index (χ0v) is 18.0. The topological polar surface area (TPSA) is 78.3 Å². The standard InChI is InChI=1S/C24H21ClN4O3/c25-18-10-17(11-21-24(18)32-9-3-8-31-21)12-23(30)27-14-16-6-7-22(26-13-16)29-15-28-19-4-1-2-5-20(19)29/h1-2,4-7,10-11,13,15H,3,8-9,12,14H2,(H,27,30). The van der Waals surface area contributed by atoms with Gasteiger partial charge in [-0.05, 0) is 41.5 Å². The Hall–Kier alpha value is -3.58. The minimum Gasteiger partial charge on any atom is -0.489 e. The quantitative estimate of drug-likeness (QED) is 0.497. The Morgan fingerprint density at radius 3 is 2.81 bits per heavy atom. The van der Waals surface area contributed by atoms with Crippen LogP contribution in [0.3, 0.4) is 0 Å². The van der Waals surface area contributed by atoms with Gasteiger partial charge in [-0.1, -0.05) is 29.8 Å². The molecular formula is C24H21ClN4O3. The van der Waals surface area contributed by atoms with Gasteiger partial charge in [-0.3, -0.25) is 9.36 Å². The molecule has 1 aliphatic heterocycles. The van der Waals surface area contributed by atoms with Gasteiger partial charge in [0.25, 0.3) is 0 Å². The van der Waals surface area contributed by atoms with E-state index >= 15 is 0 Å². The third kappa shape index (κ3) is 4.24. The minimum atomic E-state index is -0.111. The van der Waals surface area contributed by atoms with Crippen molar-refractivity contribution < 1.29 is 14.3 Å². The molecule has 0 spiro atoms. The van der Waals surface area contributed by atoms with Crippen LogP contribution in [0.2, 0.25) is 5.02 Å². The van der Waals surface area contributed by atoms with Crippen molar-refractivity contribution in [3.8, 4) is 17.3 Å². The maximum atomic E-state index is 12.5. The van der Waals surface area contributed by atoms with Gasteiger partial charge in [-0.15, -0.1) is 0 Å². The number of ether oxygens (including phenoxy) is 2. The molecule has 4 aromatic rings. The van der Waals surface area contributed by atoms with Gasteiger partial charge in [-0.2, -0.15) is 0 Å². The Bertz CT molecular complexity index is 1270. The number of hydrogen-bond donors (Lipinski definition) is 1. The van der Waals surface area contributed by atoms with E-state index in [4.69, 9.17) is 21.1 Å². The fraction of sp³-hybridized carbons (Fsp3) is 0.208. The molecule has 0 radical (unpaired) electrons. The lowest BCUT2D eigenvalue weighted by molar-refractivity contribution is -0.120. The van der Waals surface area contributed by atoms with Crippen molar-refractivity contribution in [1.29, 1.82) is 0 Å². The molecule has 0 bridgehead atoms. The monoisotopic (exact) mass is 448 g/mol. The van der Waals surface area contributed by atoms with E-state index in [9.17, 15) is 4.79 Å². The summed E-state index contributed by atoms with van der Waals surface area (Å²) < 4.78 is 13.3. The van der Waals surface area contributed by atoms with Crippen LogP contribution in [0.25, 0.3) is 16.9 Å². The number of rotatable bonds is 5. The summed E-state index contributed by atoms with van der Waals surface area (Å²) in [6.45, 7) is 1.52. The first kappa shape index (κ1) is 20.3. The Morgan fingerprint density at radius 2 is 1.94 bits per heavy atom. The molecule has 0 fully saturated rings. The van der Waals surface area contributed by atoms with E-state index < -0.39 is 0 Å². The van der Waals surface area contributed by atoms with Crippen molar-refractivity contribution in [2.24, 2.45) is 0 Å². The maximum absolute atomic E-state index is 12.5. The van der Waals surface area contributed by atoms with E-state index in [-0.39, 0.29) is 12.3 Å². The number of fused-ring (bicyclic) bond motifs is 2. The highest BCUT2D eigenvalue weighted by Gasteiger charge is 2.17. The van der Waals surface area contributed by atoms with E-state index in [2.05, 4.69) is 15.3 Å². The third-order valence-electron chi connectivity index (χ3n) is 5.23. The van der Waals surface area contributed by atoms with Crippen LogP contribution in [-0.2, 0) is 17.8 Å². The van der Waals surface area contributed by atoms with Gasteiger partial charge in [0.15, 0.2) is 11.5 Å². The van der Waals surface area contributed by atoms with Gasteiger partial charge in [0.2, 0.25) is 5.91 Å². The molecule has 3 heterocycles. The molecule has 1 amide bonds. The number of nitrogens with one attached hydrogen (secondary N) is 1. The van der Waals surface area contributed by atoms with Crippen molar-refractivity contribution in [1.82, 2.24) is 19.9 Å². The molecule has 0 saturated heterocycles. The number of pyridine rings is 1. The first-order chi connectivity index (χ1) is 15.7. The number of halogens is 1. The maximum Gasteiger partial charge on any atom is 0.224 e. The summed E-state index contributed by atoms with van der Waals surface area (Å²) in [6, 6.07) is 15.3. The number of imidazole rings is 1. The normalized spacial score (nSPS) is 13.0.